The first-order valence-corrected chi connectivity index (χ1v) is 8.34. The molecular weight excluding hydrogens is 302 g/mol. The summed E-state index contributed by atoms with van der Waals surface area (Å²) in [6.07, 6.45) is 3.54. The molecule has 1 aromatic carbocycles. The molecule has 5 heteroatoms. The predicted molar refractivity (Wildman–Crippen MR) is 93.2 cm³/mol. The molecule has 1 aliphatic heterocycles. The number of piperidine rings is 1. The number of rotatable bonds is 5. The molecule has 1 unspecified atom stereocenters. The van der Waals surface area contributed by atoms with E-state index >= 15 is 0 Å². The first-order valence-electron chi connectivity index (χ1n) is 8.34. The summed E-state index contributed by atoms with van der Waals surface area (Å²) in [6.45, 7) is 5.64. The molecule has 5 nitrogen and oxygen atoms in total. The number of amides is 1. The summed E-state index contributed by atoms with van der Waals surface area (Å²) in [4.78, 5) is 14.2. The Kier molecular flexibility index (Phi) is 6.25. The summed E-state index contributed by atoms with van der Waals surface area (Å²) in [5.74, 6) is 1.27. The Balaban J connectivity index is 1.99. The number of methoxy groups -OCH3 is 1. The zero-order chi connectivity index (χ0) is 17.5. The van der Waals surface area contributed by atoms with Crippen molar-refractivity contribution >= 4 is 5.91 Å². The van der Waals surface area contributed by atoms with Gasteiger partial charge in [-0.25, -0.2) is 0 Å². The number of benzene rings is 1. The van der Waals surface area contributed by atoms with Crippen LogP contribution >= 0.6 is 0 Å². The number of hydrogen-bond donors (Lipinski definition) is 1. The Morgan fingerprint density at radius 3 is 2.54 bits per heavy atom. The lowest BCUT2D eigenvalue weighted by Gasteiger charge is -2.30. The molecule has 0 aromatic heterocycles. The SMILES string of the molecule is COc1ccc(C(C)N/C=C(/C#N)C(=O)N2CCC(C)CC2)cc1. The number of ether oxygens (including phenoxy) is 1. The van der Waals surface area contributed by atoms with Gasteiger partial charge in [0.15, 0.2) is 0 Å². The third-order valence-corrected chi connectivity index (χ3v) is 4.52. The molecule has 24 heavy (non-hydrogen) atoms. The van der Waals surface area contributed by atoms with E-state index in [-0.39, 0.29) is 17.5 Å². The summed E-state index contributed by atoms with van der Waals surface area (Å²) in [5, 5.41) is 12.5. The van der Waals surface area contributed by atoms with Gasteiger partial charge in [-0.15, -0.1) is 0 Å². The molecule has 0 radical (unpaired) electrons. The van der Waals surface area contributed by atoms with Gasteiger partial charge in [0, 0.05) is 25.3 Å². The van der Waals surface area contributed by atoms with Crippen molar-refractivity contribution in [3.05, 3.63) is 41.6 Å². The summed E-state index contributed by atoms with van der Waals surface area (Å²) in [6, 6.07) is 9.72. The molecular formula is C19H25N3O2. The van der Waals surface area contributed by atoms with Gasteiger partial charge in [0.1, 0.15) is 17.4 Å². The molecule has 1 heterocycles. The van der Waals surface area contributed by atoms with Crippen molar-refractivity contribution in [3.8, 4) is 11.8 Å². The lowest BCUT2D eigenvalue weighted by Crippen LogP contribution is -2.38. The number of carbonyl (C=O) groups excluding carboxylic acids is 1. The van der Waals surface area contributed by atoms with Gasteiger partial charge in [0.2, 0.25) is 0 Å². The standard InChI is InChI=1S/C19H25N3O2/c1-14-8-10-22(11-9-14)19(23)17(12-20)13-21-15(2)16-4-6-18(24-3)7-5-16/h4-7,13-15,21H,8-11H2,1-3H3/b17-13-. The van der Waals surface area contributed by atoms with Gasteiger partial charge in [-0.1, -0.05) is 19.1 Å². The fourth-order valence-electron chi connectivity index (χ4n) is 2.72. The molecule has 1 aromatic rings. The van der Waals surface area contributed by atoms with E-state index in [9.17, 15) is 10.1 Å². The summed E-state index contributed by atoms with van der Waals surface area (Å²) >= 11 is 0. The van der Waals surface area contributed by atoms with Crippen LogP contribution in [0.4, 0.5) is 0 Å². The van der Waals surface area contributed by atoms with Crippen LogP contribution in [0.1, 0.15) is 38.3 Å². The molecule has 0 bridgehead atoms. The maximum Gasteiger partial charge on any atom is 0.265 e. The average molecular weight is 327 g/mol. The normalized spacial score (nSPS) is 17.1. The highest BCUT2D eigenvalue weighted by Gasteiger charge is 2.23. The van der Waals surface area contributed by atoms with E-state index in [1.165, 1.54) is 6.20 Å². The van der Waals surface area contributed by atoms with Crippen molar-refractivity contribution < 1.29 is 9.53 Å². The van der Waals surface area contributed by atoms with E-state index in [0.29, 0.717) is 5.92 Å². The average Bonchev–Trinajstić information content (AvgIpc) is 2.62. The maximum absolute atomic E-state index is 12.4. The highest BCUT2D eigenvalue weighted by atomic mass is 16.5. The van der Waals surface area contributed by atoms with Crippen LogP contribution in [0.15, 0.2) is 36.0 Å². The smallest absolute Gasteiger partial charge is 0.265 e. The Morgan fingerprint density at radius 2 is 2.00 bits per heavy atom. The van der Waals surface area contributed by atoms with Crippen molar-refractivity contribution in [2.24, 2.45) is 5.92 Å². The minimum absolute atomic E-state index is 0.00608. The second-order valence-electron chi connectivity index (χ2n) is 6.31. The molecule has 1 fully saturated rings. The minimum atomic E-state index is -0.182. The van der Waals surface area contributed by atoms with Crippen LogP contribution < -0.4 is 10.1 Å². The van der Waals surface area contributed by atoms with Crippen LogP contribution in [-0.2, 0) is 4.79 Å². The molecule has 1 N–H and O–H groups in total. The minimum Gasteiger partial charge on any atom is -0.497 e. The highest BCUT2D eigenvalue weighted by Crippen LogP contribution is 2.19. The Bertz CT molecular complexity index is 623. The van der Waals surface area contributed by atoms with E-state index in [1.54, 1.807) is 12.0 Å². The summed E-state index contributed by atoms with van der Waals surface area (Å²) in [7, 11) is 1.63. The Hall–Kier alpha value is -2.48. The van der Waals surface area contributed by atoms with Crippen LogP contribution in [-0.4, -0.2) is 31.0 Å². The predicted octanol–water partition coefficient (Wildman–Crippen LogP) is 3.01. The fraction of sp³-hybridized carbons (Fsp3) is 0.474. The number of nitrogens with zero attached hydrogens (tertiary/aromatic N) is 2. The molecule has 128 valence electrons. The zero-order valence-electron chi connectivity index (χ0n) is 14.6. The van der Waals surface area contributed by atoms with Gasteiger partial charge >= 0.3 is 0 Å². The third kappa shape index (κ3) is 4.51. The first-order chi connectivity index (χ1) is 11.5. The van der Waals surface area contributed by atoms with Crippen molar-refractivity contribution in [2.75, 3.05) is 20.2 Å². The largest absolute Gasteiger partial charge is 0.497 e. The van der Waals surface area contributed by atoms with Crippen LogP contribution in [0.5, 0.6) is 5.75 Å². The van der Waals surface area contributed by atoms with Gasteiger partial charge in [0.25, 0.3) is 5.91 Å². The molecule has 0 aliphatic carbocycles. The van der Waals surface area contributed by atoms with E-state index in [0.717, 1.165) is 37.2 Å². The molecule has 1 amide bonds. The maximum atomic E-state index is 12.4. The monoisotopic (exact) mass is 327 g/mol. The van der Waals surface area contributed by atoms with Gasteiger partial charge in [-0.05, 0) is 43.4 Å². The van der Waals surface area contributed by atoms with Gasteiger partial charge in [-0.2, -0.15) is 5.26 Å². The quantitative estimate of drug-likeness (QED) is 0.667. The first kappa shape index (κ1) is 17.9. The second kappa shape index (κ2) is 8.39. The van der Waals surface area contributed by atoms with Crippen molar-refractivity contribution in [3.63, 3.8) is 0 Å². The Morgan fingerprint density at radius 1 is 1.38 bits per heavy atom. The fourth-order valence-corrected chi connectivity index (χ4v) is 2.72. The van der Waals surface area contributed by atoms with E-state index in [4.69, 9.17) is 4.74 Å². The van der Waals surface area contributed by atoms with Crippen LogP contribution in [0, 0.1) is 17.2 Å². The molecule has 0 saturated carbocycles. The highest BCUT2D eigenvalue weighted by molar-refractivity contribution is 5.97. The molecule has 1 saturated heterocycles. The molecule has 0 spiro atoms. The van der Waals surface area contributed by atoms with E-state index < -0.39 is 0 Å². The molecule has 2 rings (SSSR count). The summed E-state index contributed by atoms with van der Waals surface area (Å²) in [5.41, 5.74) is 1.22. The van der Waals surface area contributed by atoms with Gasteiger partial charge < -0.3 is 15.0 Å². The molecule has 1 atom stereocenters. The van der Waals surface area contributed by atoms with Crippen LogP contribution in [0.2, 0.25) is 0 Å². The second-order valence-corrected chi connectivity index (χ2v) is 6.31. The van der Waals surface area contributed by atoms with Crippen molar-refractivity contribution in [1.82, 2.24) is 10.2 Å². The topological polar surface area (TPSA) is 65.4 Å². The van der Waals surface area contributed by atoms with Crippen molar-refractivity contribution in [1.29, 1.82) is 5.26 Å². The lowest BCUT2D eigenvalue weighted by molar-refractivity contribution is -0.128. The number of hydrogen-bond acceptors (Lipinski definition) is 4. The molecule has 1 aliphatic rings. The van der Waals surface area contributed by atoms with Gasteiger partial charge in [-0.3, -0.25) is 4.79 Å². The summed E-state index contributed by atoms with van der Waals surface area (Å²) < 4.78 is 5.15. The van der Waals surface area contributed by atoms with Crippen LogP contribution in [0.3, 0.4) is 0 Å². The van der Waals surface area contributed by atoms with Crippen molar-refractivity contribution in [2.45, 2.75) is 32.7 Å². The lowest BCUT2D eigenvalue weighted by atomic mass is 9.99. The third-order valence-electron chi connectivity index (χ3n) is 4.52. The number of carbonyl (C=O) groups is 1. The number of nitrogens with one attached hydrogen (secondary N) is 1. The number of nitriles is 1. The zero-order valence-corrected chi connectivity index (χ0v) is 14.6. The Labute approximate surface area is 143 Å². The van der Waals surface area contributed by atoms with E-state index in [2.05, 4.69) is 12.2 Å². The van der Waals surface area contributed by atoms with E-state index in [1.807, 2.05) is 37.3 Å². The van der Waals surface area contributed by atoms with Crippen LogP contribution in [0.25, 0.3) is 0 Å². The van der Waals surface area contributed by atoms with Gasteiger partial charge in [0.05, 0.1) is 7.11 Å². The number of likely N-dealkylation sites (tertiary alicyclic amines) is 1.